The third kappa shape index (κ3) is 5.32. The summed E-state index contributed by atoms with van der Waals surface area (Å²) in [5.74, 6) is 2.00. The summed E-state index contributed by atoms with van der Waals surface area (Å²) in [4.78, 5) is 4.71. The van der Waals surface area contributed by atoms with Crippen molar-refractivity contribution < 1.29 is 9.47 Å². The average molecular weight is 357 g/mol. The van der Waals surface area contributed by atoms with Gasteiger partial charge in [-0.05, 0) is 68.3 Å². The summed E-state index contributed by atoms with van der Waals surface area (Å²) in [6.07, 6.45) is 1.66. The molecule has 136 valence electrons. The molecule has 0 bridgehead atoms. The molecule has 0 amide bonds. The summed E-state index contributed by atoms with van der Waals surface area (Å²) in [7, 11) is 0. The van der Waals surface area contributed by atoms with Gasteiger partial charge in [0.1, 0.15) is 11.5 Å². The van der Waals surface area contributed by atoms with Crippen LogP contribution in [0.3, 0.4) is 0 Å². The van der Waals surface area contributed by atoms with Crippen LogP contribution in [0.15, 0.2) is 95.7 Å². The Morgan fingerprint density at radius 2 is 1.41 bits per heavy atom. The highest BCUT2D eigenvalue weighted by atomic mass is 16.5. The molecule has 0 unspecified atom stereocenters. The predicted molar refractivity (Wildman–Crippen MR) is 111 cm³/mol. The average Bonchev–Trinajstić information content (AvgIpc) is 2.70. The van der Waals surface area contributed by atoms with Crippen molar-refractivity contribution in [2.45, 2.75) is 20.8 Å². The lowest BCUT2D eigenvalue weighted by atomic mass is 10.1. The molecule has 0 aliphatic rings. The molecular weight excluding hydrogens is 334 g/mol. The van der Waals surface area contributed by atoms with Gasteiger partial charge in [0.25, 0.3) is 0 Å². The molecule has 0 saturated carbocycles. The van der Waals surface area contributed by atoms with Crippen molar-refractivity contribution >= 4 is 11.6 Å². The molecule has 27 heavy (non-hydrogen) atoms. The summed E-state index contributed by atoms with van der Waals surface area (Å²) in [6.45, 7) is 6.09. The first-order valence-electron chi connectivity index (χ1n) is 8.89. The molecule has 0 aromatic heterocycles. The topological polar surface area (TPSA) is 30.8 Å². The quantitative estimate of drug-likeness (QED) is 0.301. The number of aliphatic imine (C=N–C) groups is 1. The van der Waals surface area contributed by atoms with Crippen LogP contribution in [0.1, 0.15) is 18.1 Å². The zero-order chi connectivity index (χ0) is 19.1. The van der Waals surface area contributed by atoms with E-state index in [1.165, 1.54) is 11.1 Å². The van der Waals surface area contributed by atoms with E-state index in [9.17, 15) is 0 Å². The van der Waals surface area contributed by atoms with Crippen molar-refractivity contribution in [3.05, 3.63) is 102 Å². The minimum Gasteiger partial charge on any atom is -0.465 e. The van der Waals surface area contributed by atoms with Crippen LogP contribution < -0.4 is 9.47 Å². The molecule has 3 heteroatoms. The van der Waals surface area contributed by atoms with Crippen molar-refractivity contribution in [1.82, 2.24) is 0 Å². The summed E-state index contributed by atoms with van der Waals surface area (Å²) in [6, 6.07) is 25.4. The van der Waals surface area contributed by atoms with Gasteiger partial charge in [-0.2, -0.15) is 0 Å². The minimum absolute atomic E-state index is 0.500. The fraction of sp³-hybridized carbons (Fsp3) is 0.125. The van der Waals surface area contributed by atoms with Gasteiger partial charge in [0.15, 0.2) is 0 Å². The van der Waals surface area contributed by atoms with Crippen LogP contribution >= 0.6 is 0 Å². The molecule has 3 aromatic rings. The number of hydrogen-bond donors (Lipinski definition) is 0. The molecular formula is C24H23NO2. The lowest BCUT2D eigenvalue weighted by Gasteiger charge is -2.11. The molecule has 3 rings (SSSR count). The van der Waals surface area contributed by atoms with Gasteiger partial charge in [0.05, 0.1) is 11.9 Å². The second-order valence-electron chi connectivity index (χ2n) is 6.33. The van der Waals surface area contributed by atoms with Gasteiger partial charge in [-0.25, -0.2) is 4.99 Å². The zero-order valence-electron chi connectivity index (χ0n) is 15.8. The molecule has 0 N–H and O–H groups in total. The highest BCUT2D eigenvalue weighted by Gasteiger charge is 2.08. The number of hydrogen-bond acceptors (Lipinski definition) is 3. The van der Waals surface area contributed by atoms with Crippen molar-refractivity contribution in [2.75, 3.05) is 0 Å². The molecule has 0 aliphatic carbocycles. The van der Waals surface area contributed by atoms with Crippen molar-refractivity contribution in [1.29, 1.82) is 0 Å². The monoisotopic (exact) mass is 357 g/mol. The molecule has 3 aromatic carbocycles. The Morgan fingerprint density at radius 1 is 0.778 bits per heavy atom. The molecule has 0 aliphatic heterocycles. The van der Waals surface area contributed by atoms with Gasteiger partial charge in [-0.1, -0.05) is 42.5 Å². The zero-order valence-corrected chi connectivity index (χ0v) is 15.8. The van der Waals surface area contributed by atoms with Crippen molar-refractivity contribution in [3.8, 4) is 11.5 Å². The van der Waals surface area contributed by atoms with E-state index in [2.05, 4.69) is 26.0 Å². The Kier molecular flexibility index (Phi) is 6.06. The smallest absolute Gasteiger partial charge is 0.225 e. The van der Waals surface area contributed by atoms with Crippen LogP contribution in [0.5, 0.6) is 11.5 Å². The number of para-hydroxylation sites is 2. The summed E-state index contributed by atoms with van der Waals surface area (Å²) in [5.41, 5.74) is 4.06. The maximum atomic E-state index is 6.04. The Bertz CT molecular complexity index is 945. The predicted octanol–water partition coefficient (Wildman–Crippen LogP) is 6.40. The molecule has 0 saturated heterocycles. The lowest BCUT2D eigenvalue weighted by molar-refractivity contribution is 0.473. The maximum Gasteiger partial charge on any atom is 0.225 e. The maximum absolute atomic E-state index is 6.04. The largest absolute Gasteiger partial charge is 0.465 e. The van der Waals surface area contributed by atoms with Crippen LogP contribution in [0.4, 0.5) is 5.69 Å². The van der Waals surface area contributed by atoms with Gasteiger partial charge in [0.2, 0.25) is 5.90 Å². The minimum atomic E-state index is 0.500. The first-order chi connectivity index (χ1) is 13.1. The van der Waals surface area contributed by atoms with E-state index in [-0.39, 0.29) is 0 Å². The van der Waals surface area contributed by atoms with Gasteiger partial charge in [-0.15, -0.1) is 0 Å². The summed E-state index contributed by atoms with van der Waals surface area (Å²) < 4.78 is 11.8. The van der Waals surface area contributed by atoms with Gasteiger partial charge >= 0.3 is 0 Å². The molecule has 0 heterocycles. The molecule has 0 atom stereocenters. The Morgan fingerprint density at radius 3 is 2.04 bits per heavy atom. The molecule has 0 spiro atoms. The van der Waals surface area contributed by atoms with E-state index < -0.39 is 0 Å². The first kappa shape index (κ1) is 18.5. The fourth-order valence-corrected chi connectivity index (χ4v) is 2.41. The fourth-order valence-electron chi connectivity index (χ4n) is 2.41. The van der Waals surface area contributed by atoms with E-state index in [1.54, 1.807) is 6.26 Å². The van der Waals surface area contributed by atoms with Gasteiger partial charge in [-0.3, -0.25) is 0 Å². The second kappa shape index (κ2) is 8.86. The molecule has 0 fully saturated rings. The van der Waals surface area contributed by atoms with Crippen LogP contribution in [-0.2, 0) is 0 Å². The summed E-state index contributed by atoms with van der Waals surface area (Å²) in [5, 5.41) is 0. The molecule has 0 radical (unpaired) electrons. The normalized spacial score (nSPS) is 12.0. The number of ether oxygens (including phenoxy) is 2. The van der Waals surface area contributed by atoms with E-state index in [4.69, 9.17) is 14.5 Å². The lowest BCUT2D eigenvalue weighted by Crippen LogP contribution is -2.10. The Hall–Kier alpha value is -3.33. The highest BCUT2D eigenvalue weighted by molar-refractivity contribution is 5.96. The number of nitrogens with zero attached hydrogens (tertiary/aromatic N) is 1. The van der Waals surface area contributed by atoms with Gasteiger partial charge in [0, 0.05) is 5.57 Å². The number of rotatable bonds is 5. The summed E-state index contributed by atoms with van der Waals surface area (Å²) >= 11 is 0. The van der Waals surface area contributed by atoms with E-state index >= 15 is 0 Å². The Labute approximate surface area is 160 Å². The first-order valence-corrected chi connectivity index (χ1v) is 8.89. The van der Waals surface area contributed by atoms with Crippen molar-refractivity contribution in [3.63, 3.8) is 0 Å². The number of aryl methyl sites for hydroxylation is 2. The third-order valence-corrected chi connectivity index (χ3v) is 4.13. The van der Waals surface area contributed by atoms with Crippen LogP contribution in [0, 0.1) is 13.8 Å². The van der Waals surface area contributed by atoms with E-state index in [0.717, 1.165) is 22.8 Å². The van der Waals surface area contributed by atoms with Crippen LogP contribution in [-0.4, -0.2) is 5.90 Å². The van der Waals surface area contributed by atoms with E-state index in [0.29, 0.717) is 5.90 Å². The third-order valence-electron chi connectivity index (χ3n) is 4.13. The highest BCUT2D eigenvalue weighted by Crippen LogP contribution is 2.21. The van der Waals surface area contributed by atoms with Gasteiger partial charge < -0.3 is 9.47 Å². The van der Waals surface area contributed by atoms with Crippen LogP contribution in [0.2, 0.25) is 0 Å². The Balaban J connectivity index is 1.90. The standard InChI is InChI=1S/C24H23NO2/c1-18-14-15-21(16-19(18)2)25-24(27-23-12-8-5-9-13-23)20(3)17-26-22-10-6-4-7-11-22/h4-17H,1-3H3. The van der Waals surface area contributed by atoms with Crippen molar-refractivity contribution in [2.24, 2.45) is 4.99 Å². The van der Waals surface area contributed by atoms with Crippen LogP contribution in [0.25, 0.3) is 0 Å². The SMILES string of the molecule is CC(=COc1ccccc1)C(=Nc1ccc(C)c(C)c1)Oc1ccccc1. The molecule has 3 nitrogen and oxygen atoms in total. The van der Waals surface area contributed by atoms with E-state index in [1.807, 2.05) is 73.7 Å². The second-order valence-corrected chi connectivity index (χ2v) is 6.33. The number of benzene rings is 3.